The Kier molecular flexibility index (Phi) is 5.37. The third-order valence-corrected chi connectivity index (χ3v) is 7.89. The van der Waals surface area contributed by atoms with Gasteiger partial charge in [-0.3, -0.25) is 9.78 Å². The van der Waals surface area contributed by atoms with E-state index >= 15 is 0 Å². The maximum Gasteiger partial charge on any atom is 0.252 e. The number of carbonyl (C=O) groups is 1. The smallest absolute Gasteiger partial charge is 0.252 e. The van der Waals surface area contributed by atoms with E-state index in [1.54, 1.807) is 6.20 Å². The first-order valence-corrected chi connectivity index (χ1v) is 12.4. The van der Waals surface area contributed by atoms with Gasteiger partial charge in [0.15, 0.2) is 0 Å². The second kappa shape index (κ2) is 8.53. The van der Waals surface area contributed by atoms with Gasteiger partial charge in [-0.1, -0.05) is 24.3 Å². The van der Waals surface area contributed by atoms with Crippen molar-refractivity contribution in [2.75, 3.05) is 13.2 Å². The van der Waals surface area contributed by atoms with E-state index in [9.17, 15) is 4.79 Å². The summed E-state index contributed by atoms with van der Waals surface area (Å²) in [6.45, 7) is 1.34. The Labute approximate surface area is 195 Å². The van der Waals surface area contributed by atoms with Crippen molar-refractivity contribution in [1.29, 1.82) is 0 Å². The molecule has 0 radical (unpaired) electrons. The summed E-state index contributed by atoms with van der Waals surface area (Å²) in [5, 5.41) is 3.97. The summed E-state index contributed by atoms with van der Waals surface area (Å²) >= 11 is 0. The number of nitrogens with one attached hydrogen (secondary N) is 1. The van der Waals surface area contributed by atoms with Gasteiger partial charge in [-0.15, -0.1) is 0 Å². The van der Waals surface area contributed by atoms with E-state index in [1.165, 1.54) is 38.5 Å². The van der Waals surface area contributed by atoms with Gasteiger partial charge >= 0.3 is 0 Å². The zero-order valence-electron chi connectivity index (χ0n) is 19.0. The van der Waals surface area contributed by atoms with Gasteiger partial charge in [-0.25, -0.2) is 4.98 Å². The van der Waals surface area contributed by atoms with E-state index in [0.29, 0.717) is 17.8 Å². The summed E-state index contributed by atoms with van der Waals surface area (Å²) in [5.41, 5.74) is 3.06. The Morgan fingerprint density at radius 3 is 2.42 bits per heavy atom. The maximum atomic E-state index is 13.1. The van der Waals surface area contributed by atoms with Crippen molar-refractivity contribution in [2.45, 2.75) is 50.5 Å². The molecule has 3 aromatic rings. The minimum absolute atomic E-state index is 0.0689. The van der Waals surface area contributed by atoms with Gasteiger partial charge in [0, 0.05) is 24.7 Å². The predicted octanol–water partition coefficient (Wildman–Crippen LogP) is 5.40. The van der Waals surface area contributed by atoms with Crippen molar-refractivity contribution in [2.24, 2.45) is 17.8 Å². The number of nitrogens with zero attached hydrogens (tertiary/aromatic N) is 2. The van der Waals surface area contributed by atoms with Crippen LogP contribution in [0.3, 0.4) is 0 Å². The Morgan fingerprint density at radius 1 is 0.970 bits per heavy atom. The van der Waals surface area contributed by atoms with Crippen LogP contribution in [0.5, 0.6) is 0 Å². The number of fused-ring (bicyclic) bond motifs is 1. The molecule has 1 amide bonds. The highest BCUT2D eigenvalue weighted by molar-refractivity contribution is 6.07. The summed E-state index contributed by atoms with van der Waals surface area (Å²) in [7, 11) is 0. The normalized spacial score (nSPS) is 27.7. The van der Waals surface area contributed by atoms with Crippen LogP contribution in [0.4, 0.5) is 0 Å². The molecule has 5 heteroatoms. The summed E-state index contributed by atoms with van der Waals surface area (Å²) in [4.78, 5) is 22.3. The number of carbonyl (C=O) groups excluding carboxylic acids is 1. The number of hydrogen-bond acceptors (Lipinski definition) is 4. The molecule has 7 rings (SSSR count). The van der Waals surface area contributed by atoms with Gasteiger partial charge in [0.1, 0.15) is 0 Å². The standard InChI is InChI=1S/C28H31N3O2/c32-27(30-10-5-11-33-28-16-19-12-20(17-28)14-21(13-19)18-28)23-15-26(25-8-3-4-9-29-25)31-24-7-2-1-6-22(23)24/h1-4,6-9,15,19-21H,5,10-14,16-18H2,(H,30,32). The van der Waals surface area contributed by atoms with Gasteiger partial charge in [0.2, 0.25) is 0 Å². The fourth-order valence-electron chi connectivity index (χ4n) is 6.87. The number of aromatic nitrogens is 2. The minimum Gasteiger partial charge on any atom is -0.375 e. The Balaban J connectivity index is 1.10. The first-order valence-electron chi connectivity index (χ1n) is 12.4. The van der Waals surface area contributed by atoms with Gasteiger partial charge in [0.25, 0.3) is 5.91 Å². The minimum atomic E-state index is -0.0689. The monoisotopic (exact) mass is 441 g/mol. The topological polar surface area (TPSA) is 64.1 Å². The third-order valence-electron chi connectivity index (χ3n) is 7.89. The average molecular weight is 442 g/mol. The molecule has 1 aromatic carbocycles. The molecule has 0 spiro atoms. The fourth-order valence-corrected chi connectivity index (χ4v) is 6.87. The molecule has 170 valence electrons. The number of pyridine rings is 2. The van der Waals surface area contributed by atoms with Crippen molar-refractivity contribution < 1.29 is 9.53 Å². The highest BCUT2D eigenvalue weighted by Crippen LogP contribution is 2.57. The number of rotatable bonds is 7. The molecule has 2 aromatic heterocycles. The quantitative estimate of drug-likeness (QED) is 0.499. The van der Waals surface area contributed by atoms with E-state index < -0.39 is 0 Å². The molecule has 0 atom stereocenters. The molecule has 4 fully saturated rings. The number of benzene rings is 1. The van der Waals surface area contributed by atoms with E-state index in [-0.39, 0.29) is 11.5 Å². The second-order valence-electron chi connectivity index (χ2n) is 10.3. The predicted molar refractivity (Wildman–Crippen MR) is 129 cm³/mol. The number of hydrogen-bond donors (Lipinski definition) is 1. The van der Waals surface area contributed by atoms with Crippen LogP contribution in [-0.4, -0.2) is 34.6 Å². The molecular weight excluding hydrogens is 410 g/mol. The van der Waals surface area contributed by atoms with E-state index in [1.807, 2.05) is 48.5 Å². The van der Waals surface area contributed by atoms with Crippen LogP contribution in [0.25, 0.3) is 22.3 Å². The lowest BCUT2D eigenvalue weighted by molar-refractivity contribution is -0.162. The molecule has 2 heterocycles. The Bertz CT molecular complexity index is 1120. The zero-order valence-corrected chi connectivity index (χ0v) is 19.0. The molecule has 0 unspecified atom stereocenters. The maximum absolute atomic E-state index is 13.1. The highest BCUT2D eigenvalue weighted by Gasteiger charge is 2.51. The van der Waals surface area contributed by atoms with Gasteiger partial charge < -0.3 is 10.1 Å². The number of amides is 1. The lowest BCUT2D eigenvalue weighted by atomic mass is 9.54. The molecule has 4 aliphatic carbocycles. The van der Waals surface area contributed by atoms with Crippen molar-refractivity contribution in [3.8, 4) is 11.4 Å². The molecule has 5 nitrogen and oxygen atoms in total. The number of para-hydroxylation sites is 1. The first kappa shape index (κ1) is 20.8. The van der Waals surface area contributed by atoms with Crippen LogP contribution in [0, 0.1) is 17.8 Å². The molecule has 0 saturated heterocycles. The molecule has 4 aliphatic rings. The molecular formula is C28H31N3O2. The van der Waals surface area contributed by atoms with Crippen molar-refractivity contribution in [1.82, 2.24) is 15.3 Å². The SMILES string of the molecule is O=C(NCCCOC12CC3CC(CC(C3)C1)C2)c1cc(-c2ccccn2)nc2ccccc12. The lowest BCUT2D eigenvalue weighted by Gasteiger charge is -2.56. The Morgan fingerprint density at radius 2 is 1.70 bits per heavy atom. The van der Waals surface area contributed by atoms with Crippen LogP contribution in [-0.2, 0) is 4.74 Å². The van der Waals surface area contributed by atoms with Gasteiger partial charge in [0.05, 0.1) is 28.1 Å². The Hall–Kier alpha value is -2.79. The largest absolute Gasteiger partial charge is 0.375 e. The van der Waals surface area contributed by atoms with Crippen molar-refractivity contribution >= 4 is 16.8 Å². The lowest BCUT2D eigenvalue weighted by Crippen LogP contribution is -2.52. The van der Waals surface area contributed by atoms with E-state index in [4.69, 9.17) is 9.72 Å². The van der Waals surface area contributed by atoms with Crippen LogP contribution < -0.4 is 5.32 Å². The summed E-state index contributed by atoms with van der Waals surface area (Å²) in [6, 6.07) is 15.4. The summed E-state index contributed by atoms with van der Waals surface area (Å²) < 4.78 is 6.51. The molecule has 1 N–H and O–H groups in total. The number of ether oxygens (including phenoxy) is 1. The molecule has 4 saturated carbocycles. The van der Waals surface area contributed by atoms with Gasteiger partial charge in [-0.05, 0) is 87.0 Å². The first-order chi connectivity index (χ1) is 16.2. The van der Waals surface area contributed by atoms with Crippen LogP contribution in [0.15, 0.2) is 54.7 Å². The zero-order chi connectivity index (χ0) is 22.3. The highest BCUT2D eigenvalue weighted by atomic mass is 16.5. The van der Waals surface area contributed by atoms with E-state index in [0.717, 1.165) is 47.4 Å². The third kappa shape index (κ3) is 4.15. The summed E-state index contributed by atoms with van der Waals surface area (Å²) in [6.07, 6.45) is 10.6. The molecule has 0 aliphatic heterocycles. The van der Waals surface area contributed by atoms with Crippen LogP contribution in [0.1, 0.15) is 55.3 Å². The van der Waals surface area contributed by atoms with Crippen LogP contribution in [0.2, 0.25) is 0 Å². The average Bonchev–Trinajstić information content (AvgIpc) is 2.82. The fraction of sp³-hybridized carbons (Fsp3) is 0.464. The second-order valence-corrected chi connectivity index (χ2v) is 10.3. The molecule has 33 heavy (non-hydrogen) atoms. The van der Waals surface area contributed by atoms with E-state index in [2.05, 4.69) is 10.3 Å². The van der Waals surface area contributed by atoms with Gasteiger partial charge in [-0.2, -0.15) is 0 Å². The van der Waals surface area contributed by atoms with Crippen molar-refractivity contribution in [3.63, 3.8) is 0 Å². The van der Waals surface area contributed by atoms with Crippen molar-refractivity contribution in [3.05, 3.63) is 60.3 Å². The summed E-state index contributed by atoms with van der Waals surface area (Å²) in [5.74, 6) is 2.61. The van der Waals surface area contributed by atoms with Crippen LogP contribution >= 0.6 is 0 Å². The molecule has 4 bridgehead atoms.